The highest BCUT2D eigenvalue weighted by molar-refractivity contribution is 5.86. The predicted molar refractivity (Wildman–Crippen MR) is 123 cm³/mol. The summed E-state index contributed by atoms with van der Waals surface area (Å²) in [5, 5.41) is 4.88. The molecular formula is C28H22O2. The minimum atomic E-state index is 0.496. The third-order valence-electron chi connectivity index (χ3n) is 5.38. The van der Waals surface area contributed by atoms with Gasteiger partial charge in [0.1, 0.15) is 13.2 Å². The Morgan fingerprint density at radius 1 is 0.400 bits per heavy atom. The van der Waals surface area contributed by atoms with Crippen LogP contribution in [0.4, 0.5) is 0 Å². The molecular weight excluding hydrogens is 368 g/mol. The molecule has 0 aliphatic carbocycles. The van der Waals surface area contributed by atoms with Crippen molar-refractivity contribution in [2.45, 2.75) is 13.2 Å². The minimum absolute atomic E-state index is 0.496. The molecule has 0 radical (unpaired) electrons. The maximum absolute atomic E-state index is 6.18. The topological polar surface area (TPSA) is 18.5 Å². The van der Waals surface area contributed by atoms with E-state index in [2.05, 4.69) is 84.9 Å². The van der Waals surface area contributed by atoms with Gasteiger partial charge in [-0.05, 0) is 44.8 Å². The van der Waals surface area contributed by atoms with Gasteiger partial charge in [-0.2, -0.15) is 0 Å². The van der Waals surface area contributed by atoms with Crippen molar-refractivity contribution in [2.75, 3.05) is 0 Å². The Hall–Kier alpha value is -3.78. The lowest BCUT2D eigenvalue weighted by molar-refractivity contribution is 0.257. The van der Waals surface area contributed by atoms with Gasteiger partial charge in [-0.1, -0.05) is 97.1 Å². The van der Waals surface area contributed by atoms with E-state index in [0.717, 1.165) is 22.6 Å². The molecule has 0 aliphatic heterocycles. The Morgan fingerprint density at radius 2 is 0.800 bits per heavy atom. The van der Waals surface area contributed by atoms with Gasteiger partial charge in [-0.3, -0.25) is 0 Å². The van der Waals surface area contributed by atoms with E-state index < -0.39 is 0 Å². The fraction of sp³-hybridized carbons (Fsp3) is 0.0714. The van der Waals surface area contributed by atoms with Gasteiger partial charge in [0, 0.05) is 0 Å². The molecule has 0 fully saturated rings. The molecule has 5 aromatic rings. The lowest BCUT2D eigenvalue weighted by atomic mass is 10.1. The number of para-hydroxylation sites is 2. The summed E-state index contributed by atoms with van der Waals surface area (Å²) in [5.41, 5.74) is 2.33. The van der Waals surface area contributed by atoms with E-state index in [0.29, 0.717) is 13.2 Å². The zero-order chi connectivity index (χ0) is 20.2. The van der Waals surface area contributed by atoms with Gasteiger partial charge in [-0.15, -0.1) is 0 Å². The Bertz CT molecular complexity index is 1190. The molecule has 0 unspecified atom stereocenters. The lowest BCUT2D eigenvalue weighted by Crippen LogP contribution is -2.01. The highest BCUT2D eigenvalue weighted by Gasteiger charge is 2.08. The largest absolute Gasteiger partial charge is 0.485 e. The smallest absolute Gasteiger partial charge is 0.161 e. The molecule has 0 atom stereocenters. The Kier molecular flexibility index (Phi) is 5.05. The minimum Gasteiger partial charge on any atom is -0.485 e. The summed E-state index contributed by atoms with van der Waals surface area (Å²) in [5.74, 6) is 1.51. The summed E-state index contributed by atoms with van der Waals surface area (Å²) in [6, 6.07) is 37.3. The second-order valence-electron chi connectivity index (χ2n) is 7.30. The molecule has 0 aliphatic rings. The molecule has 0 N–H and O–H groups in total. The van der Waals surface area contributed by atoms with E-state index in [1.807, 2.05) is 24.3 Å². The number of benzene rings is 5. The summed E-state index contributed by atoms with van der Waals surface area (Å²) >= 11 is 0. The second kappa shape index (κ2) is 8.30. The van der Waals surface area contributed by atoms with Crippen LogP contribution in [-0.4, -0.2) is 0 Å². The first-order chi connectivity index (χ1) is 14.9. The molecule has 146 valence electrons. The molecule has 30 heavy (non-hydrogen) atoms. The first kappa shape index (κ1) is 18.3. The van der Waals surface area contributed by atoms with Crippen LogP contribution in [0.1, 0.15) is 11.1 Å². The van der Waals surface area contributed by atoms with E-state index in [4.69, 9.17) is 9.47 Å². The fourth-order valence-electron chi connectivity index (χ4n) is 3.84. The molecule has 5 rings (SSSR count). The normalized spacial score (nSPS) is 10.9. The molecule has 0 saturated carbocycles. The third kappa shape index (κ3) is 3.72. The number of fused-ring (bicyclic) bond motifs is 2. The number of rotatable bonds is 6. The van der Waals surface area contributed by atoms with Crippen LogP contribution in [0.5, 0.6) is 11.5 Å². The second-order valence-corrected chi connectivity index (χ2v) is 7.30. The summed E-state index contributed by atoms with van der Waals surface area (Å²) in [7, 11) is 0. The van der Waals surface area contributed by atoms with Crippen molar-refractivity contribution >= 4 is 21.5 Å². The van der Waals surface area contributed by atoms with Crippen LogP contribution in [-0.2, 0) is 13.2 Å². The van der Waals surface area contributed by atoms with Gasteiger partial charge in [0.15, 0.2) is 11.5 Å². The molecule has 0 heterocycles. The summed E-state index contributed by atoms with van der Waals surface area (Å²) in [6.45, 7) is 0.992. The van der Waals surface area contributed by atoms with Crippen LogP contribution in [0.3, 0.4) is 0 Å². The standard InChI is InChI=1S/C28H22O2/c1-3-15-25-21(9-1)11-7-13-23(25)19-29-27-17-5-6-18-28(27)30-20-24-14-8-12-22-10-2-4-16-26(22)24/h1-18H,19-20H2. The van der Waals surface area contributed by atoms with E-state index in [1.165, 1.54) is 21.5 Å². The van der Waals surface area contributed by atoms with Crippen LogP contribution in [0.2, 0.25) is 0 Å². The van der Waals surface area contributed by atoms with Gasteiger partial charge in [0.25, 0.3) is 0 Å². The zero-order valence-electron chi connectivity index (χ0n) is 16.6. The van der Waals surface area contributed by atoms with Crippen molar-refractivity contribution in [3.8, 4) is 11.5 Å². The molecule has 2 heteroatoms. The molecule has 0 spiro atoms. The molecule has 0 amide bonds. The molecule has 0 aromatic heterocycles. The maximum Gasteiger partial charge on any atom is 0.161 e. The average molecular weight is 390 g/mol. The van der Waals surface area contributed by atoms with Gasteiger partial charge < -0.3 is 9.47 Å². The van der Waals surface area contributed by atoms with Crippen LogP contribution in [0, 0.1) is 0 Å². The first-order valence-corrected chi connectivity index (χ1v) is 10.2. The number of hydrogen-bond donors (Lipinski definition) is 0. The monoisotopic (exact) mass is 390 g/mol. The van der Waals surface area contributed by atoms with Gasteiger partial charge in [-0.25, -0.2) is 0 Å². The van der Waals surface area contributed by atoms with Crippen molar-refractivity contribution in [3.05, 3.63) is 120 Å². The molecule has 2 nitrogen and oxygen atoms in total. The summed E-state index contributed by atoms with van der Waals surface area (Å²) in [4.78, 5) is 0. The fourth-order valence-corrected chi connectivity index (χ4v) is 3.84. The van der Waals surface area contributed by atoms with E-state index in [9.17, 15) is 0 Å². The van der Waals surface area contributed by atoms with Crippen molar-refractivity contribution in [1.29, 1.82) is 0 Å². The summed E-state index contributed by atoms with van der Waals surface area (Å²) < 4.78 is 12.4. The van der Waals surface area contributed by atoms with Crippen molar-refractivity contribution in [3.63, 3.8) is 0 Å². The Balaban J connectivity index is 1.35. The van der Waals surface area contributed by atoms with E-state index >= 15 is 0 Å². The average Bonchev–Trinajstić information content (AvgIpc) is 2.82. The molecule has 0 saturated heterocycles. The van der Waals surface area contributed by atoms with Gasteiger partial charge >= 0.3 is 0 Å². The van der Waals surface area contributed by atoms with Gasteiger partial charge in [0.2, 0.25) is 0 Å². The predicted octanol–water partition coefficient (Wildman–Crippen LogP) is 7.15. The Labute approximate surface area is 176 Å². The zero-order valence-corrected chi connectivity index (χ0v) is 16.6. The van der Waals surface area contributed by atoms with Gasteiger partial charge in [0.05, 0.1) is 0 Å². The summed E-state index contributed by atoms with van der Waals surface area (Å²) in [6.07, 6.45) is 0. The van der Waals surface area contributed by atoms with E-state index in [-0.39, 0.29) is 0 Å². The highest BCUT2D eigenvalue weighted by Crippen LogP contribution is 2.30. The lowest BCUT2D eigenvalue weighted by Gasteiger charge is -2.14. The van der Waals surface area contributed by atoms with Crippen molar-refractivity contribution in [2.24, 2.45) is 0 Å². The van der Waals surface area contributed by atoms with Crippen LogP contribution >= 0.6 is 0 Å². The number of ether oxygens (including phenoxy) is 2. The Morgan fingerprint density at radius 3 is 1.30 bits per heavy atom. The third-order valence-corrected chi connectivity index (χ3v) is 5.38. The quantitative estimate of drug-likeness (QED) is 0.306. The van der Waals surface area contributed by atoms with Crippen LogP contribution in [0.15, 0.2) is 109 Å². The van der Waals surface area contributed by atoms with Crippen molar-refractivity contribution < 1.29 is 9.47 Å². The van der Waals surface area contributed by atoms with Crippen LogP contribution in [0.25, 0.3) is 21.5 Å². The molecule has 5 aromatic carbocycles. The first-order valence-electron chi connectivity index (χ1n) is 10.2. The van der Waals surface area contributed by atoms with Crippen molar-refractivity contribution in [1.82, 2.24) is 0 Å². The highest BCUT2D eigenvalue weighted by atomic mass is 16.5. The maximum atomic E-state index is 6.18. The van der Waals surface area contributed by atoms with E-state index in [1.54, 1.807) is 0 Å². The number of hydrogen-bond acceptors (Lipinski definition) is 2. The SMILES string of the molecule is c1ccc(OCc2cccc3ccccc23)c(OCc2cccc3ccccc23)c1. The van der Waals surface area contributed by atoms with Crippen LogP contribution < -0.4 is 9.47 Å². The molecule has 0 bridgehead atoms.